The highest BCUT2D eigenvalue weighted by molar-refractivity contribution is 4.44. The van der Waals surface area contributed by atoms with Gasteiger partial charge in [-0.2, -0.15) is 5.06 Å². The molecular weight excluding hydrogens is 154 g/mol. The summed E-state index contributed by atoms with van der Waals surface area (Å²) in [6.45, 7) is 3.04. The number of unbranched alkanes of at least 4 members (excludes halogenated alkanes) is 5. The van der Waals surface area contributed by atoms with E-state index in [-0.39, 0.29) is 5.48 Å². The Morgan fingerprint density at radius 2 is 1.50 bits per heavy atom. The molecule has 0 spiro atoms. The van der Waals surface area contributed by atoms with E-state index < -0.39 is 0 Å². The zero-order valence-corrected chi connectivity index (χ0v) is 8.34. The first kappa shape index (κ1) is 14.4. The molecule has 0 unspecified atom stereocenters. The standard InChI is InChI=1S/C9H21NO.H2O/c1-3-4-5-6-7-8-9-10(2)11;/h11H,3-9H2,1-2H3;1H2. The van der Waals surface area contributed by atoms with Crippen molar-refractivity contribution in [3.05, 3.63) is 0 Å². The van der Waals surface area contributed by atoms with Crippen molar-refractivity contribution in [2.75, 3.05) is 13.6 Å². The van der Waals surface area contributed by atoms with Crippen LogP contribution in [0, 0.1) is 0 Å². The Hall–Kier alpha value is -0.120. The number of hydroxylamine groups is 2. The third-order valence-corrected chi connectivity index (χ3v) is 1.84. The molecule has 3 nitrogen and oxygen atoms in total. The van der Waals surface area contributed by atoms with Crippen LogP contribution < -0.4 is 0 Å². The fourth-order valence-corrected chi connectivity index (χ4v) is 1.12. The molecule has 76 valence electrons. The molecule has 3 heteroatoms. The average molecular weight is 177 g/mol. The van der Waals surface area contributed by atoms with Gasteiger partial charge in [0.2, 0.25) is 0 Å². The molecule has 0 aliphatic rings. The van der Waals surface area contributed by atoms with Crippen LogP contribution in [0.4, 0.5) is 0 Å². The van der Waals surface area contributed by atoms with E-state index in [1.54, 1.807) is 7.05 Å². The second kappa shape index (κ2) is 10.9. The summed E-state index contributed by atoms with van der Waals surface area (Å²) in [5, 5.41) is 10.1. The predicted molar refractivity (Wildman–Crippen MR) is 51.4 cm³/mol. The van der Waals surface area contributed by atoms with E-state index in [2.05, 4.69) is 6.92 Å². The summed E-state index contributed by atoms with van der Waals surface area (Å²) in [4.78, 5) is 0. The van der Waals surface area contributed by atoms with Crippen LogP contribution in [-0.2, 0) is 0 Å². The first-order valence-corrected chi connectivity index (χ1v) is 4.67. The molecule has 0 rings (SSSR count). The van der Waals surface area contributed by atoms with Crippen molar-refractivity contribution >= 4 is 0 Å². The molecule has 0 radical (unpaired) electrons. The largest absolute Gasteiger partial charge is 0.412 e. The van der Waals surface area contributed by atoms with Gasteiger partial charge in [-0.25, -0.2) is 0 Å². The Balaban J connectivity index is 0. The van der Waals surface area contributed by atoms with E-state index in [1.165, 1.54) is 37.2 Å². The Morgan fingerprint density at radius 3 is 2.00 bits per heavy atom. The monoisotopic (exact) mass is 177 g/mol. The summed E-state index contributed by atoms with van der Waals surface area (Å²) >= 11 is 0. The molecule has 0 aromatic heterocycles. The lowest BCUT2D eigenvalue weighted by atomic mass is 10.1. The van der Waals surface area contributed by atoms with Gasteiger partial charge in [-0.3, -0.25) is 0 Å². The highest BCUT2D eigenvalue weighted by atomic mass is 16.5. The van der Waals surface area contributed by atoms with Crippen molar-refractivity contribution in [2.24, 2.45) is 0 Å². The maximum absolute atomic E-state index is 8.79. The van der Waals surface area contributed by atoms with Crippen LogP contribution in [-0.4, -0.2) is 29.3 Å². The van der Waals surface area contributed by atoms with Gasteiger partial charge in [-0.1, -0.05) is 39.0 Å². The van der Waals surface area contributed by atoms with E-state index in [1.807, 2.05) is 0 Å². The zero-order valence-electron chi connectivity index (χ0n) is 8.34. The summed E-state index contributed by atoms with van der Waals surface area (Å²) in [7, 11) is 1.70. The van der Waals surface area contributed by atoms with E-state index in [4.69, 9.17) is 5.21 Å². The van der Waals surface area contributed by atoms with E-state index in [9.17, 15) is 0 Å². The first-order chi connectivity index (χ1) is 5.27. The normalized spacial score (nSPS) is 10.0. The fraction of sp³-hybridized carbons (Fsp3) is 1.00. The lowest BCUT2D eigenvalue weighted by Gasteiger charge is -2.06. The van der Waals surface area contributed by atoms with Crippen molar-refractivity contribution in [3.8, 4) is 0 Å². The van der Waals surface area contributed by atoms with Gasteiger partial charge in [0.15, 0.2) is 0 Å². The van der Waals surface area contributed by atoms with Crippen molar-refractivity contribution in [1.82, 2.24) is 5.06 Å². The van der Waals surface area contributed by atoms with E-state index in [0.29, 0.717) is 0 Å². The quantitative estimate of drug-likeness (QED) is 0.476. The Morgan fingerprint density at radius 1 is 1.00 bits per heavy atom. The SMILES string of the molecule is CCCCCCCCN(C)O.O. The minimum absolute atomic E-state index is 0. The third kappa shape index (κ3) is 12.5. The van der Waals surface area contributed by atoms with Gasteiger partial charge in [0.05, 0.1) is 0 Å². The lowest BCUT2D eigenvalue weighted by Crippen LogP contribution is -2.13. The van der Waals surface area contributed by atoms with Crippen LogP contribution in [0.5, 0.6) is 0 Å². The second-order valence-corrected chi connectivity index (χ2v) is 3.15. The molecular formula is C9H23NO2. The molecule has 0 aliphatic carbocycles. The molecule has 12 heavy (non-hydrogen) atoms. The Bertz CT molecular complexity index is 76.9. The van der Waals surface area contributed by atoms with Crippen molar-refractivity contribution in [1.29, 1.82) is 0 Å². The maximum atomic E-state index is 8.79. The molecule has 0 bridgehead atoms. The number of nitrogens with zero attached hydrogens (tertiary/aromatic N) is 1. The van der Waals surface area contributed by atoms with Gasteiger partial charge in [0, 0.05) is 13.6 Å². The fourth-order valence-electron chi connectivity index (χ4n) is 1.12. The first-order valence-electron chi connectivity index (χ1n) is 4.67. The van der Waals surface area contributed by atoms with Gasteiger partial charge in [-0.05, 0) is 6.42 Å². The summed E-state index contributed by atoms with van der Waals surface area (Å²) in [6.07, 6.45) is 7.71. The predicted octanol–water partition coefficient (Wildman–Crippen LogP) is 1.84. The molecule has 0 fully saturated rings. The van der Waals surface area contributed by atoms with Crippen LogP contribution >= 0.6 is 0 Å². The van der Waals surface area contributed by atoms with Crippen LogP contribution in [0.15, 0.2) is 0 Å². The zero-order chi connectivity index (χ0) is 8.53. The van der Waals surface area contributed by atoms with Crippen molar-refractivity contribution < 1.29 is 10.7 Å². The average Bonchev–Trinajstić information content (AvgIpc) is 1.96. The molecule has 0 aromatic rings. The highest BCUT2D eigenvalue weighted by Crippen LogP contribution is 2.04. The summed E-state index contributed by atoms with van der Waals surface area (Å²) < 4.78 is 0. The molecule has 0 saturated heterocycles. The minimum Gasteiger partial charge on any atom is -0.412 e. The van der Waals surface area contributed by atoms with E-state index >= 15 is 0 Å². The van der Waals surface area contributed by atoms with Crippen LogP contribution in [0.2, 0.25) is 0 Å². The van der Waals surface area contributed by atoms with Gasteiger partial charge in [0.25, 0.3) is 0 Å². The molecule has 0 amide bonds. The Kier molecular flexibility index (Phi) is 13.1. The van der Waals surface area contributed by atoms with Gasteiger partial charge >= 0.3 is 0 Å². The van der Waals surface area contributed by atoms with Gasteiger partial charge in [0.1, 0.15) is 0 Å². The summed E-state index contributed by atoms with van der Waals surface area (Å²) in [6, 6.07) is 0. The van der Waals surface area contributed by atoms with Crippen LogP contribution in [0.1, 0.15) is 45.4 Å². The number of hydrogen-bond donors (Lipinski definition) is 1. The Labute approximate surface area is 75.6 Å². The van der Waals surface area contributed by atoms with Gasteiger partial charge in [-0.15, -0.1) is 0 Å². The van der Waals surface area contributed by atoms with Gasteiger partial charge < -0.3 is 10.7 Å². The maximum Gasteiger partial charge on any atom is 0.0235 e. The molecule has 0 heterocycles. The number of hydrogen-bond acceptors (Lipinski definition) is 2. The second-order valence-electron chi connectivity index (χ2n) is 3.15. The molecule has 3 N–H and O–H groups in total. The lowest BCUT2D eigenvalue weighted by molar-refractivity contribution is -0.0655. The molecule has 0 atom stereocenters. The van der Waals surface area contributed by atoms with E-state index in [0.717, 1.165) is 13.0 Å². The van der Waals surface area contributed by atoms with Crippen molar-refractivity contribution in [3.63, 3.8) is 0 Å². The summed E-state index contributed by atoms with van der Waals surface area (Å²) in [5.41, 5.74) is 0. The van der Waals surface area contributed by atoms with Crippen LogP contribution in [0.3, 0.4) is 0 Å². The topological polar surface area (TPSA) is 55.0 Å². The third-order valence-electron chi connectivity index (χ3n) is 1.84. The van der Waals surface area contributed by atoms with Crippen LogP contribution in [0.25, 0.3) is 0 Å². The highest BCUT2D eigenvalue weighted by Gasteiger charge is 1.91. The molecule has 0 aliphatic heterocycles. The number of rotatable bonds is 7. The molecule has 0 aromatic carbocycles. The summed E-state index contributed by atoms with van der Waals surface area (Å²) in [5.74, 6) is 0. The minimum atomic E-state index is 0. The molecule has 0 saturated carbocycles. The van der Waals surface area contributed by atoms with Crippen molar-refractivity contribution in [2.45, 2.75) is 45.4 Å². The smallest absolute Gasteiger partial charge is 0.0235 e.